The van der Waals surface area contributed by atoms with Crippen LogP contribution in [0.2, 0.25) is 0 Å². The number of methoxy groups -OCH3 is 1. The van der Waals surface area contributed by atoms with Crippen molar-refractivity contribution in [1.82, 2.24) is 0 Å². The molecule has 0 aromatic heterocycles. The fourth-order valence-electron chi connectivity index (χ4n) is 5.25. The quantitative estimate of drug-likeness (QED) is 0.542. The fourth-order valence-corrected chi connectivity index (χ4v) is 5.25. The summed E-state index contributed by atoms with van der Waals surface area (Å²) in [5, 5.41) is 3.82. The number of anilines is 1. The zero-order chi connectivity index (χ0) is 22.3. The van der Waals surface area contributed by atoms with Gasteiger partial charge in [0.05, 0.1) is 5.54 Å². The van der Waals surface area contributed by atoms with Gasteiger partial charge in [0.15, 0.2) is 0 Å². The van der Waals surface area contributed by atoms with Gasteiger partial charge in [0.2, 0.25) is 6.29 Å². The first-order valence-electron chi connectivity index (χ1n) is 10.9. The predicted octanol–water partition coefficient (Wildman–Crippen LogP) is 7.24. The molecule has 2 aromatic carbocycles. The van der Waals surface area contributed by atoms with Gasteiger partial charge in [-0.1, -0.05) is 0 Å². The van der Waals surface area contributed by atoms with Crippen molar-refractivity contribution in [2.24, 2.45) is 0 Å². The van der Waals surface area contributed by atoms with E-state index in [0.29, 0.717) is 0 Å². The topological polar surface area (TPSA) is 30.5 Å². The number of allylic oxidation sites excluding steroid dienone is 1. The van der Waals surface area contributed by atoms with Gasteiger partial charge in [0, 0.05) is 29.5 Å². The van der Waals surface area contributed by atoms with Crippen LogP contribution in [0, 0.1) is 41.5 Å². The van der Waals surface area contributed by atoms with Gasteiger partial charge in [-0.05, 0) is 119 Å². The molecule has 3 heteroatoms. The molecule has 0 bridgehead atoms. The van der Waals surface area contributed by atoms with Gasteiger partial charge in [-0.2, -0.15) is 0 Å². The van der Waals surface area contributed by atoms with E-state index in [4.69, 9.17) is 9.47 Å². The highest BCUT2D eigenvalue weighted by Crippen LogP contribution is 2.55. The minimum atomic E-state index is -0.425. The van der Waals surface area contributed by atoms with Gasteiger partial charge >= 0.3 is 0 Å². The normalized spacial score (nSPS) is 19.0. The van der Waals surface area contributed by atoms with E-state index in [-0.39, 0.29) is 5.54 Å². The summed E-state index contributed by atoms with van der Waals surface area (Å²) < 4.78 is 12.5. The standard InChI is InChI=1S/C27H35NO2/c1-12-13(2)17(6)25-22(14(12)3)20-15(4)16(5)24-21(23(20)26(29-11)30-25)18(7)19(8)27(9,10)28-24/h26,28H,1-11H3. The van der Waals surface area contributed by atoms with E-state index in [1.165, 1.54) is 66.9 Å². The van der Waals surface area contributed by atoms with Crippen LogP contribution in [0.5, 0.6) is 5.75 Å². The summed E-state index contributed by atoms with van der Waals surface area (Å²) in [6.45, 7) is 22.3. The summed E-state index contributed by atoms with van der Waals surface area (Å²) >= 11 is 0. The van der Waals surface area contributed by atoms with E-state index in [1.807, 2.05) is 0 Å². The molecule has 0 fully saturated rings. The third-order valence-corrected chi connectivity index (χ3v) is 7.97. The molecule has 2 aromatic rings. The number of rotatable bonds is 1. The van der Waals surface area contributed by atoms with Crippen LogP contribution in [0.3, 0.4) is 0 Å². The number of hydrogen-bond acceptors (Lipinski definition) is 3. The smallest absolute Gasteiger partial charge is 0.227 e. The summed E-state index contributed by atoms with van der Waals surface area (Å²) in [6.07, 6.45) is -0.425. The lowest BCUT2D eigenvalue weighted by Crippen LogP contribution is -2.37. The summed E-state index contributed by atoms with van der Waals surface area (Å²) in [7, 11) is 1.75. The molecule has 0 saturated carbocycles. The zero-order valence-corrected chi connectivity index (χ0v) is 20.4. The maximum atomic E-state index is 6.58. The Labute approximate surface area is 181 Å². The molecule has 1 N–H and O–H groups in total. The van der Waals surface area contributed by atoms with Crippen LogP contribution in [0.4, 0.5) is 5.69 Å². The lowest BCUT2D eigenvalue weighted by molar-refractivity contribution is -0.0584. The molecule has 4 rings (SSSR count). The fraction of sp³-hybridized carbons (Fsp3) is 0.481. The second kappa shape index (κ2) is 6.62. The SMILES string of the molecule is COC1Oc2c(C)c(C)c(C)c(C)c2-c2c(C)c(C)c3c(c21)C(C)=C(C)C(C)(C)N3. The molecule has 1 unspecified atom stereocenters. The predicted molar refractivity (Wildman–Crippen MR) is 127 cm³/mol. The van der Waals surface area contributed by atoms with Gasteiger partial charge in [-0.25, -0.2) is 0 Å². The van der Waals surface area contributed by atoms with Crippen molar-refractivity contribution in [2.75, 3.05) is 12.4 Å². The first-order valence-corrected chi connectivity index (χ1v) is 10.9. The van der Waals surface area contributed by atoms with Crippen molar-refractivity contribution in [3.8, 4) is 16.9 Å². The van der Waals surface area contributed by atoms with Crippen molar-refractivity contribution in [2.45, 2.75) is 81.1 Å². The van der Waals surface area contributed by atoms with E-state index in [1.54, 1.807) is 7.11 Å². The van der Waals surface area contributed by atoms with E-state index >= 15 is 0 Å². The van der Waals surface area contributed by atoms with Crippen LogP contribution in [-0.4, -0.2) is 12.6 Å². The van der Waals surface area contributed by atoms with Crippen LogP contribution in [0.1, 0.15) is 78.5 Å². The van der Waals surface area contributed by atoms with Crippen LogP contribution in [0.15, 0.2) is 5.57 Å². The Morgan fingerprint density at radius 1 is 0.733 bits per heavy atom. The van der Waals surface area contributed by atoms with Crippen LogP contribution in [0.25, 0.3) is 16.7 Å². The zero-order valence-electron chi connectivity index (χ0n) is 20.4. The van der Waals surface area contributed by atoms with Crippen LogP contribution >= 0.6 is 0 Å². The van der Waals surface area contributed by atoms with Crippen molar-refractivity contribution in [3.05, 3.63) is 50.1 Å². The van der Waals surface area contributed by atoms with Crippen molar-refractivity contribution in [1.29, 1.82) is 0 Å². The summed E-state index contributed by atoms with van der Waals surface area (Å²) in [4.78, 5) is 0. The molecule has 0 aliphatic carbocycles. The molecular weight excluding hydrogens is 370 g/mol. The minimum Gasteiger partial charge on any atom is -0.460 e. The van der Waals surface area contributed by atoms with E-state index in [9.17, 15) is 0 Å². The average Bonchev–Trinajstić information content (AvgIpc) is 2.71. The first-order chi connectivity index (χ1) is 13.9. The van der Waals surface area contributed by atoms with Gasteiger partial charge < -0.3 is 14.8 Å². The summed E-state index contributed by atoms with van der Waals surface area (Å²) in [5.74, 6) is 0.972. The van der Waals surface area contributed by atoms with Gasteiger partial charge in [0.25, 0.3) is 0 Å². The molecule has 160 valence electrons. The molecule has 0 radical (unpaired) electrons. The number of benzene rings is 2. The number of nitrogens with one attached hydrogen (secondary N) is 1. The Hall–Kier alpha value is -2.26. The van der Waals surface area contributed by atoms with E-state index in [2.05, 4.69) is 74.6 Å². The minimum absolute atomic E-state index is 0.0846. The third kappa shape index (κ3) is 2.54. The number of fused-ring (bicyclic) bond motifs is 5. The summed E-state index contributed by atoms with van der Waals surface area (Å²) in [5.41, 5.74) is 16.5. The molecule has 2 aliphatic rings. The second-order valence-electron chi connectivity index (χ2n) is 9.68. The van der Waals surface area contributed by atoms with Gasteiger partial charge in [-0.3, -0.25) is 0 Å². The maximum Gasteiger partial charge on any atom is 0.227 e. The maximum absolute atomic E-state index is 6.58. The van der Waals surface area contributed by atoms with E-state index < -0.39 is 6.29 Å². The first kappa shape index (κ1) is 21.0. The molecule has 0 saturated heterocycles. The molecule has 2 heterocycles. The van der Waals surface area contributed by atoms with E-state index in [0.717, 1.165) is 11.3 Å². The summed E-state index contributed by atoms with van der Waals surface area (Å²) in [6, 6.07) is 0. The van der Waals surface area contributed by atoms with Crippen LogP contribution in [-0.2, 0) is 4.74 Å². The molecule has 1 atom stereocenters. The highest BCUT2D eigenvalue weighted by molar-refractivity contribution is 5.95. The highest BCUT2D eigenvalue weighted by atomic mass is 16.7. The van der Waals surface area contributed by atoms with Gasteiger partial charge in [-0.15, -0.1) is 0 Å². The second-order valence-corrected chi connectivity index (χ2v) is 9.68. The molecule has 2 aliphatic heterocycles. The monoisotopic (exact) mass is 405 g/mol. The Kier molecular flexibility index (Phi) is 4.63. The molecule has 0 amide bonds. The Morgan fingerprint density at radius 3 is 1.90 bits per heavy atom. The van der Waals surface area contributed by atoms with Crippen molar-refractivity contribution in [3.63, 3.8) is 0 Å². The van der Waals surface area contributed by atoms with Crippen molar-refractivity contribution >= 4 is 11.3 Å². The Balaban J connectivity index is 2.22. The number of ether oxygens (including phenoxy) is 2. The lowest BCUT2D eigenvalue weighted by Gasteiger charge is -2.42. The Bertz CT molecular complexity index is 1140. The van der Waals surface area contributed by atoms with Gasteiger partial charge in [0.1, 0.15) is 5.75 Å². The highest BCUT2D eigenvalue weighted by Gasteiger charge is 2.39. The number of hydrogen-bond donors (Lipinski definition) is 1. The average molecular weight is 406 g/mol. The molecular formula is C27H35NO2. The Morgan fingerprint density at radius 2 is 1.30 bits per heavy atom. The molecule has 3 nitrogen and oxygen atoms in total. The third-order valence-electron chi connectivity index (χ3n) is 7.97. The molecule has 30 heavy (non-hydrogen) atoms. The lowest BCUT2D eigenvalue weighted by atomic mass is 9.75. The largest absolute Gasteiger partial charge is 0.460 e. The van der Waals surface area contributed by atoms with Crippen LogP contribution < -0.4 is 10.1 Å². The molecule has 0 spiro atoms. The van der Waals surface area contributed by atoms with Crippen molar-refractivity contribution < 1.29 is 9.47 Å².